The molecule has 84 valence electrons. The van der Waals surface area contributed by atoms with Crippen molar-refractivity contribution in [3.63, 3.8) is 0 Å². The number of hydrogen-bond acceptors (Lipinski definition) is 1. The lowest BCUT2D eigenvalue weighted by atomic mass is 10.2. The van der Waals surface area contributed by atoms with Gasteiger partial charge in [-0.3, -0.25) is 0 Å². The minimum atomic E-state index is -4.42. The Labute approximate surface area is 91.5 Å². The number of alkyl halides is 3. The molecule has 0 N–H and O–H groups in total. The van der Waals surface area contributed by atoms with E-state index in [4.69, 9.17) is 0 Å². The third-order valence-electron chi connectivity index (χ3n) is 1.62. The van der Waals surface area contributed by atoms with Crippen LogP contribution in [-0.4, -0.2) is 13.3 Å². The average Bonchev–Trinajstić information content (AvgIpc) is 2.24. The van der Waals surface area contributed by atoms with Crippen LogP contribution in [0.15, 0.2) is 42.2 Å². The summed E-state index contributed by atoms with van der Waals surface area (Å²) in [5.74, 6) is 4.48. The lowest BCUT2D eigenvalue weighted by Crippen LogP contribution is -2.03. The third-order valence-corrected chi connectivity index (χ3v) is 1.62. The second-order valence-corrected chi connectivity index (χ2v) is 2.87. The van der Waals surface area contributed by atoms with Crippen molar-refractivity contribution < 1.29 is 17.9 Å². The highest BCUT2D eigenvalue weighted by molar-refractivity contribution is 5.38. The summed E-state index contributed by atoms with van der Waals surface area (Å²) in [6, 6.07) is 8.71. The first-order chi connectivity index (χ1) is 7.51. The van der Waals surface area contributed by atoms with E-state index in [1.54, 1.807) is 30.3 Å². The average molecular weight is 226 g/mol. The molecule has 4 heteroatoms. The Morgan fingerprint density at radius 2 is 1.88 bits per heavy atom. The van der Waals surface area contributed by atoms with Crippen LogP contribution in [0.1, 0.15) is 5.56 Å². The first kappa shape index (κ1) is 12.2. The molecule has 0 radical (unpaired) electrons. The van der Waals surface area contributed by atoms with Crippen molar-refractivity contribution in [2.24, 2.45) is 0 Å². The van der Waals surface area contributed by atoms with Crippen molar-refractivity contribution in [2.75, 3.05) is 7.11 Å². The number of benzene rings is 1. The van der Waals surface area contributed by atoms with Crippen LogP contribution in [0.3, 0.4) is 0 Å². The summed E-state index contributed by atoms with van der Waals surface area (Å²) in [7, 11) is 1.15. The Morgan fingerprint density at radius 1 is 1.25 bits per heavy atom. The molecule has 0 saturated carbocycles. The van der Waals surface area contributed by atoms with Gasteiger partial charge in [-0.2, -0.15) is 13.2 Å². The van der Waals surface area contributed by atoms with Gasteiger partial charge in [0.2, 0.25) is 0 Å². The molecule has 0 unspecified atom stereocenters. The number of allylic oxidation sites excluding steroid dienone is 2. The molecule has 0 atom stereocenters. The summed E-state index contributed by atoms with van der Waals surface area (Å²) in [5, 5.41) is 0. The van der Waals surface area contributed by atoms with Crippen LogP contribution in [-0.2, 0) is 4.74 Å². The minimum Gasteiger partial charge on any atom is -0.489 e. The van der Waals surface area contributed by atoms with Crippen molar-refractivity contribution in [2.45, 2.75) is 6.18 Å². The normalized spacial score (nSPS) is 11.6. The highest BCUT2D eigenvalue weighted by Crippen LogP contribution is 2.18. The van der Waals surface area contributed by atoms with E-state index in [0.29, 0.717) is 5.56 Å². The van der Waals surface area contributed by atoms with Gasteiger partial charge in [0.1, 0.15) is 0 Å². The molecule has 0 aliphatic carbocycles. The smallest absolute Gasteiger partial charge is 0.413 e. The fourth-order valence-corrected chi connectivity index (χ4v) is 0.950. The fraction of sp³-hybridized carbons (Fsp3) is 0.167. The Hall–Kier alpha value is -1.89. The molecular weight excluding hydrogens is 217 g/mol. The Morgan fingerprint density at radius 3 is 2.38 bits per heavy atom. The van der Waals surface area contributed by atoms with Crippen molar-refractivity contribution in [3.05, 3.63) is 47.7 Å². The van der Waals surface area contributed by atoms with E-state index in [0.717, 1.165) is 7.11 Å². The molecule has 16 heavy (non-hydrogen) atoms. The Bertz CT molecular complexity index is 421. The summed E-state index contributed by atoms with van der Waals surface area (Å²) in [6.07, 6.45) is -4.39. The van der Waals surface area contributed by atoms with Crippen molar-refractivity contribution in [3.8, 4) is 11.8 Å². The third kappa shape index (κ3) is 4.56. The predicted molar refractivity (Wildman–Crippen MR) is 54.5 cm³/mol. The van der Waals surface area contributed by atoms with Crippen LogP contribution in [0, 0.1) is 11.8 Å². The molecule has 1 rings (SSSR count). The summed E-state index contributed by atoms with van der Waals surface area (Å²) in [4.78, 5) is 0. The molecule has 0 bridgehead atoms. The van der Waals surface area contributed by atoms with E-state index < -0.39 is 11.9 Å². The summed E-state index contributed by atoms with van der Waals surface area (Å²) in [5.41, 5.74) is 0.632. The maximum atomic E-state index is 12.0. The second-order valence-electron chi connectivity index (χ2n) is 2.87. The zero-order valence-electron chi connectivity index (χ0n) is 8.51. The molecule has 1 aromatic carbocycles. The number of methoxy groups -OCH3 is 1. The summed E-state index contributed by atoms with van der Waals surface area (Å²) >= 11 is 0. The van der Waals surface area contributed by atoms with Crippen LogP contribution in [0.5, 0.6) is 0 Å². The molecular formula is C12H9F3O. The molecule has 1 nitrogen and oxygen atoms in total. The van der Waals surface area contributed by atoms with Crippen LogP contribution >= 0.6 is 0 Å². The van der Waals surface area contributed by atoms with Gasteiger partial charge in [0, 0.05) is 5.56 Å². The highest BCUT2D eigenvalue weighted by Gasteiger charge is 2.24. The van der Waals surface area contributed by atoms with Crippen LogP contribution in [0.4, 0.5) is 13.2 Å². The van der Waals surface area contributed by atoms with Gasteiger partial charge in [0.25, 0.3) is 0 Å². The largest absolute Gasteiger partial charge is 0.489 e. The van der Waals surface area contributed by atoms with Gasteiger partial charge >= 0.3 is 6.18 Å². The molecule has 0 heterocycles. The standard InChI is InChI=1S/C12H9F3O/c1-16-11(9-12(13,14)15)8-7-10-5-3-2-4-6-10/h2-6,9H,1H3/b11-9-. The van der Waals surface area contributed by atoms with E-state index in [2.05, 4.69) is 16.6 Å². The topological polar surface area (TPSA) is 9.23 Å². The van der Waals surface area contributed by atoms with Gasteiger partial charge in [-0.25, -0.2) is 0 Å². The van der Waals surface area contributed by atoms with Crippen molar-refractivity contribution in [1.29, 1.82) is 0 Å². The molecule has 0 aromatic heterocycles. The molecule has 0 fully saturated rings. The lowest BCUT2D eigenvalue weighted by Gasteiger charge is -2.01. The van der Waals surface area contributed by atoms with Gasteiger partial charge in [-0.15, -0.1) is 0 Å². The van der Waals surface area contributed by atoms with E-state index in [1.165, 1.54) is 0 Å². The molecule has 0 aliphatic rings. The summed E-state index contributed by atoms with van der Waals surface area (Å²) < 4.78 is 40.5. The Balaban J connectivity index is 2.87. The van der Waals surface area contributed by atoms with E-state index in [-0.39, 0.29) is 6.08 Å². The molecule has 1 aromatic rings. The lowest BCUT2D eigenvalue weighted by molar-refractivity contribution is -0.0820. The maximum absolute atomic E-state index is 12.0. The minimum absolute atomic E-state index is 0.0307. The Kier molecular flexibility index (Phi) is 4.01. The fourth-order valence-electron chi connectivity index (χ4n) is 0.950. The van der Waals surface area contributed by atoms with Crippen LogP contribution < -0.4 is 0 Å². The number of halogens is 3. The quantitative estimate of drug-likeness (QED) is 0.528. The van der Waals surface area contributed by atoms with Crippen LogP contribution in [0.25, 0.3) is 0 Å². The van der Waals surface area contributed by atoms with Gasteiger partial charge in [0.05, 0.1) is 13.2 Å². The number of rotatable bonds is 1. The van der Waals surface area contributed by atoms with Gasteiger partial charge < -0.3 is 4.74 Å². The highest BCUT2D eigenvalue weighted by atomic mass is 19.4. The van der Waals surface area contributed by atoms with Gasteiger partial charge in [-0.05, 0) is 18.1 Å². The van der Waals surface area contributed by atoms with Gasteiger partial charge in [-0.1, -0.05) is 24.1 Å². The first-order valence-corrected chi connectivity index (χ1v) is 4.42. The molecule has 0 aliphatic heterocycles. The SMILES string of the molecule is CO/C(C#Cc1ccccc1)=C\C(F)(F)F. The predicted octanol–water partition coefficient (Wildman–Crippen LogP) is 3.13. The first-order valence-electron chi connectivity index (χ1n) is 4.42. The number of ether oxygens (including phenoxy) is 1. The zero-order valence-corrected chi connectivity index (χ0v) is 8.51. The van der Waals surface area contributed by atoms with E-state index in [1.807, 2.05) is 0 Å². The molecule has 0 saturated heterocycles. The summed E-state index contributed by atoms with van der Waals surface area (Å²) in [6.45, 7) is 0. The molecule has 0 spiro atoms. The monoisotopic (exact) mass is 226 g/mol. The number of hydrogen-bond donors (Lipinski definition) is 0. The second kappa shape index (κ2) is 5.26. The molecule has 0 amide bonds. The van der Waals surface area contributed by atoms with E-state index in [9.17, 15) is 13.2 Å². The van der Waals surface area contributed by atoms with Crippen LogP contribution in [0.2, 0.25) is 0 Å². The maximum Gasteiger partial charge on any atom is 0.413 e. The van der Waals surface area contributed by atoms with Crippen molar-refractivity contribution >= 4 is 0 Å². The van der Waals surface area contributed by atoms with Gasteiger partial charge in [0.15, 0.2) is 5.76 Å². The van der Waals surface area contributed by atoms with Crippen molar-refractivity contribution in [1.82, 2.24) is 0 Å². The van der Waals surface area contributed by atoms with E-state index >= 15 is 0 Å². The zero-order chi connectivity index (χ0) is 12.0.